The van der Waals surface area contributed by atoms with Gasteiger partial charge in [0, 0.05) is 43.7 Å². The van der Waals surface area contributed by atoms with Crippen LogP contribution in [0.2, 0.25) is 0 Å². The molecule has 2 aromatic rings. The van der Waals surface area contributed by atoms with E-state index in [0.29, 0.717) is 0 Å². The van der Waals surface area contributed by atoms with Crippen LogP contribution in [0.4, 0.5) is 5.13 Å². The van der Waals surface area contributed by atoms with Crippen molar-refractivity contribution in [3.05, 3.63) is 40.9 Å². The second-order valence-corrected chi connectivity index (χ2v) is 7.65. The zero-order chi connectivity index (χ0) is 15.6. The van der Waals surface area contributed by atoms with Crippen molar-refractivity contribution in [1.29, 1.82) is 0 Å². The lowest BCUT2D eigenvalue weighted by molar-refractivity contribution is 0.165. The van der Waals surface area contributed by atoms with Crippen molar-refractivity contribution in [2.24, 2.45) is 0 Å². The molecular weight excluding hydrogens is 306 g/mol. The van der Waals surface area contributed by atoms with Gasteiger partial charge in [0.05, 0.1) is 0 Å². The maximum atomic E-state index is 6.04. The van der Waals surface area contributed by atoms with Crippen LogP contribution in [-0.2, 0) is 13.0 Å². The summed E-state index contributed by atoms with van der Waals surface area (Å²) in [6, 6.07) is 8.37. The van der Waals surface area contributed by atoms with Gasteiger partial charge in [0.2, 0.25) is 0 Å². The Bertz CT molecular complexity index is 641. The molecule has 1 aromatic heterocycles. The first-order chi connectivity index (χ1) is 11.3. The Kier molecular flexibility index (Phi) is 4.23. The lowest BCUT2D eigenvalue weighted by Crippen LogP contribution is -2.31. The summed E-state index contributed by atoms with van der Waals surface area (Å²) in [4.78, 5) is 10.7. The van der Waals surface area contributed by atoms with Crippen molar-refractivity contribution < 1.29 is 4.74 Å². The summed E-state index contributed by atoms with van der Waals surface area (Å²) in [6.45, 7) is 4.22. The average Bonchev–Trinajstić information content (AvgIpc) is 3.26. The van der Waals surface area contributed by atoms with E-state index in [4.69, 9.17) is 4.74 Å². The van der Waals surface area contributed by atoms with Crippen LogP contribution in [0.5, 0.6) is 5.75 Å². The highest BCUT2D eigenvalue weighted by Crippen LogP contribution is 2.29. The minimum atomic E-state index is 0.267. The number of hydrogen-bond acceptors (Lipinski definition) is 5. The number of likely N-dealkylation sites (N-methyl/N-ethyl adjacent to an activating group) is 1. The Morgan fingerprint density at radius 2 is 2.13 bits per heavy atom. The van der Waals surface area contributed by atoms with Crippen molar-refractivity contribution in [2.75, 3.05) is 31.6 Å². The first-order valence-corrected chi connectivity index (χ1v) is 9.22. The smallest absolute Gasteiger partial charge is 0.185 e. The van der Waals surface area contributed by atoms with Crippen molar-refractivity contribution in [3.63, 3.8) is 0 Å². The zero-order valence-electron chi connectivity index (χ0n) is 13.6. The molecule has 2 aliphatic rings. The summed E-state index contributed by atoms with van der Waals surface area (Å²) in [7, 11) is 2.17. The highest BCUT2D eigenvalue weighted by molar-refractivity contribution is 7.15. The number of benzene rings is 1. The molecule has 122 valence electrons. The third-order valence-electron chi connectivity index (χ3n) is 4.57. The Morgan fingerprint density at radius 3 is 2.96 bits per heavy atom. The number of hydrogen-bond donors (Lipinski definition) is 0. The number of para-hydroxylation sites is 1. The monoisotopic (exact) mass is 329 g/mol. The summed E-state index contributed by atoms with van der Waals surface area (Å²) in [5.41, 5.74) is 1.33. The Hall–Kier alpha value is -1.59. The van der Waals surface area contributed by atoms with E-state index < -0.39 is 0 Å². The van der Waals surface area contributed by atoms with Gasteiger partial charge in [-0.25, -0.2) is 4.98 Å². The van der Waals surface area contributed by atoms with Gasteiger partial charge in [-0.1, -0.05) is 18.2 Å². The van der Waals surface area contributed by atoms with E-state index in [1.165, 1.54) is 28.4 Å². The number of rotatable bonds is 5. The van der Waals surface area contributed by atoms with Gasteiger partial charge in [0.25, 0.3) is 0 Å². The number of ether oxygens (including phenoxy) is 1. The molecule has 0 radical (unpaired) electrons. The van der Waals surface area contributed by atoms with Crippen molar-refractivity contribution in [1.82, 2.24) is 9.88 Å². The van der Waals surface area contributed by atoms with Crippen LogP contribution in [0.25, 0.3) is 0 Å². The molecule has 0 amide bonds. The molecule has 3 heterocycles. The average molecular weight is 329 g/mol. The fourth-order valence-corrected chi connectivity index (χ4v) is 4.50. The van der Waals surface area contributed by atoms with Gasteiger partial charge in [-0.3, -0.25) is 4.90 Å². The molecule has 0 aliphatic carbocycles. The standard InChI is InChI=1S/C18H23N3OS/c1-20(12-15-10-14-6-2-3-7-17(14)22-15)13-16-11-19-18(23-16)21-8-4-5-9-21/h2-3,6-7,11,15H,4-5,8-10,12-13H2,1H3/t15-/m0/s1. The van der Waals surface area contributed by atoms with Gasteiger partial charge in [0.15, 0.2) is 5.13 Å². The molecular formula is C18H23N3OS. The number of fused-ring (bicyclic) bond motifs is 1. The van der Waals surface area contributed by atoms with E-state index >= 15 is 0 Å². The molecule has 0 N–H and O–H groups in total. The van der Waals surface area contributed by atoms with Crippen LogP contribution in [0, 0.1) is 0 Å². The van der Waals surface area contributed by atoms with E-state index in [1.54, 1.807) is 0 Å². The van der Waals surface area contributed by atoms with Crippen LogP contribution >= 0.6 is 11.3 Å². The predicted molar refractivity (Wildman–Crippen MR) is 94.5 cm³/mol. The van der Waals surface area contributed by atoms with Crippen LogP contribution in [0.1, 0.15) is 23.3 Å². The van der Waals surface area contributed by atoms with Crippen LogP contribution in [-0.4, -0.2) is 42.7 Å². The Balaban J connectivity index is 1.31. The number of aromatic nitrogens is 1. The molecule has 1 fully saturated rings. The third kappa shape index (κ3) is 3.35. The number of thiazole rings is 1. The van der Waals surface area contributed by atoms with Gasteiger partial charge >= 0.3 is 0 Å². The molecule has 0 spiro atoms. The van der Waals surface area contributed by atoms with Gasteiger partial charge in [-0.05, 0) is 31.5 Å². The quantitative estimate of drug-likeness (QED) is 0.842. The van der Waals surface area contributed by atoms with Gasteiger partial charge in [-0.2, -0.15) is 0 Å². The highest BCUT2D eigenvalue weighted by atomic mass is 32.1. The van der Waals surface area contributed by atoms with Crippen molar-refractivity contribution in [2.45, 2.75) is 31.9 Å². The molecule has 5 heteroatoms. The van der Waals surface area contributed by atoms with Gasteiger partial charge in [0.1, 0.15) is 11.9 Å². The lowest BCUT2D eigenvalue weighted by atomic mass is 10.1. The minimum Gasteiger partial charge on any atom is -0.488 e. The van der Waals surface area contributed by atoms with Crippen LogP contribution in [0.15, 0.2) is 30.5 Å². The summed E-state index contributed by atoms with van der Waals surface area (Å²) in [5, 5.41) is 1.19. The molecule has 0 unspecified atom stereocenters. The van der Waals surface area contributed by atoms with E-state index in [9.17, 15) is 0 Å². The second-order valence-electron chi connectivity index (χ2n) is 6.55. The van der Waals surface area contributed by atoms with E-state index in [1.807, 2.05) is 23.6 Å². The first kappa shape index (κ1) is 15.0. The second kappa shape index (κ2) is 6.49. The summed E-state index contributed by atoms with van der Waals surface area (Å²) in [6.07, 6.45) is 5.92. The highest BCUT2D eigenvalue weighted by Gasteiger charge is 2.24. The van der Waals surface area contributed by atoms with E-state index in [-0.39, 0.29) is 6.10 Å². The van der Waals surface area contributed by atoms with Crippen LogP contribution in [0.3, 0.4) is 0 Å². The van der Waals surface area contributed by atoms with Crippen molar-refractivity contribution in [3.8, 4) is 5.75 Å². The fraction of sp³-hybridized carbons (Fsp3) is 0.500. The lowest BCUT2D eigenvalue weighted by Gasteiger charge is -2.20. The minimum absolute atomic E-state index is 0.267. The third-order valence-corrected chi connectivity index (χ3v) is 5.62. The molecule has 4 rings (SSSR count). The molecule has 1 atom stereocenters. The Morgan fingerprint density at radius 1 is 1.30 bits per heavy atom. The topological polar surface area (TPSA) is 28.6 Å². The largest absolute Gasteiger partial charge is 0.488 e. The van der Waals surface area contributed by atoms with Crippen LogP contribution < -0.4 is 9.64 Å². The van der Waals surface area contributed by atoms with E-state index in [0.717, 1.165) is 38.3 Å². The van der Waals surface area contributed by atoms with E-state index in [2.05, 4.69) is 40.0 Å². The first-order valence-electron chi connectivity index (χ1n) is 8.41. The molecule has 0 saturated carbocycles. The molecule has 1 saturated heterocycles. The molecule has 2 aliphatic heterocycles. The maximum Gasteiger partial charge on any atom is 0.185 e. The molecule has 0 bridgehead atoms. The van der Waals surface area contributed by atoms with Gasteiger partial charge in [-0.15, -0.1) is 11.3 Å². The van der Waals surface area contributed by atoms with Crippen molar-refractivity contribution >= 4 is 16.5 Å². The molecule has 23 heavy (non-hydrogen) atoms. The molecule has 4 nitrogen and oxygen atoms in total. The molecule has 1 aromatic carbocycles. The van der Waals surface area contributed by atoms with Gasteiger partial charge < -0.3 is 9.64 Å². The summed E-state index contributed by atoms with van der Waals surface area (Å²) in [5.74, 6) is 1.06. The maximum absolute atomic E-state index is 6.04. The zero-order valence-corrected chi connectivity index (χ0v) is 14.4. The normalized spacial score (nSPS) is 20.1. The number of nitrogens with zero attached hydrogens (tertiary/aromatic N) is 3. The number of anilines is 1. The predicted octanol–water partition coefficient (Wildman–Crippen LogP) is 3.18. The summed E-state index contributed by atoms with van der Waals surface area (Å²) >= 11 is 1.84. The Labute approximate surface area is 141 Å². The summed E-state index contributed by atoms with van der Waals surface area (Å²) < 4.78 is 6.04. The SMILES string of the molecule is CN(Cc1cnc(N2CCCC2)s1)C[C@@H]1Cc2ccccc2O1. The fourth-order valence-electron chi connectivity index (χ4n) is 3.46.